The third-order valence-corrected chi connectivity index (χ3v) is 6.01. The molecule has 3 aromatic carbocycles. The van der Waals surface area contributed by atoms with Gasteiger partial charge in [-0.2, -0.15) is 0 Å². The summed E-state index contributed by atoms with van der Waals surface area (Å²) >= 11 is 6.13. The first-order valence-electron chi connectivity index (χ1n) is 10.1. The van der Waals surface area contributed by atoms with Gasteiger partial charge in [-0.25, -0.2) is 0 Å². The second kappa shape index (κ2) is 7.77. The summed E-state index contributed by atoms with van der Waals surface area (Å²) in [5.41, 5.74) is 6.23. The van der Waals surface area contributed by atoms with E-state index < -0.39 is 0 Å². The number of hydrogen-bond acceptors (Lipinski definition) is 1. The van der Waals surface area contributed by atoms with Gasteiger partial charge in [-0.05, 0) is 34.6 Å². The standard InChI is InChI=1S/C27H22ClN/c28-23-14-11-19(12-15-23)20-9-10-21-5-1-3-7-24(21)26-16-13-22-6-2-4-8-25(22)27(26)29-18-17-20/h1-11,13-17,19,29H,12,18H2. The molecule has 1 aliphatic carbocycles. The molecule has 0 spiro atoms. The van der Waals surface area contributed by atoms with Gasteiger partial charge in [0.1, 0.15) is 0 Å². The SMILES string of the molecule is ClC1=CCC(C2=CCNc3c(ccc4ccccc34)-c3ccccc3C=C2)C=C1. The summed E-state index contributed by atoms with van der Waals surface area (Å²) in [5.74, 6) is 0.356. The maximum absolute atomic E-state index is 6.13. The molecule has 0 saturated heterocycles. The van der Waals surface area contributed by atoms with Gasteiger partial charge in [0.2, 0.25) is 0 Å². The van der Waals surface area contributed by atoms with Crippen molar-refractivity contribution in [3.8, 4) is 11.1 Å². The molecule has 1 heterocycles. The highest BCUT2D eigenvalue weighted by molar-refractivity contribution is 6.31. The van der Waals surface area contributed by atoms with Crippen molar-refractivity contribution in [3.05, 3.63) is 107 Å². The van der Waals surface area contributed by atoms with Crippen LogP contribution >= 0.6 is 11.6 Å². The zero-order valence-electron chi connectivity index (χ0n) is 16.1. The van der Waals surface area contributed by atoms with E-state index in [4.69, 9.17) is 11.6 Å². The molecule has 1 N–H and O–H groups in total. The average Bonchev–Trinajstić information content (AvgIpc) is 2.77. The van der Waals surface area contributed by atoms with Gasteiger partial charge in [0.05, 0.1) is 5.69 Å². The van der Waals surface area contributed by atoms with E-state index in [1.807, 2.05) is 6.08 Å². The normalized spacial score (nSPS) is 18.3. The summed E-state index contributed by atoms with van der Waals surface area (Å²) in [6.07, 6.45) is 14.1. The number of halogens is 1. The molecule has 1 atom stereocenters. The molecule has 142 valence electrons. The molecule has 0 radical (unpaired) electrons. The summed E-state index contributed by atoms with van der Waals surface area (Å²) in [7, 11) is 0. The van der Waals surface area contributed by atoms with Gasteiger partial charge >= 0.3 is 0 Å². The van der Waals surface area contributed by atoms with Crippen molar-refractivity contribution in [2.24, 2.45) is 5.92 Å². The summed E-state index contributed by atoms with van der Waals surface area (Å²) < 4.78 is 0. The molecule has 1 nitrogen and oxygen atoms in total. The predicted molar refractivity (Wildman–Crippen MR) is 126 cm³/mol. The van der Waals surface area contributed by atoms with Crippen LogP contribution in [-0.4, -0.2) is 6.54 Å². The first kappa shape index (κ1) is 18.0. The maximum atomic E-state index is 6.13. The van der Waals surface area contributed by atoms with E-state index in [9.17, 15) is 0 Å². The second-order valence-electron chi connectivity index (χ2n) is 7.51. The number of anilines is 1. The number of allylic oxidation sites excluding steroid dienone is 6. The van der Waals surface area contributed by atoms with E-state index >= 15 is 0 Å². The molecule has 3 aromatic rings. The van der Waals surface area contributed by atoms with Crippen molar-refractivity contribution < 1.29 is 0 Å². The highest BCUT2D eigenvalue weighted by Gasteiger charge is 2.15. The Bertz CT molecular complexity index is 1200. The van der Waals surface area contributed by atoms with Crippen molar-refractivity contribution >= 4 is 34.1 Å². The molecule has 2 heteroatoms. The Balaban J connectivity index is 1.65. The van der Waals surface area contributed by atoms with Crippen LogP contribution in [0.2, 0.25) is 0 Å². The fraction of sp³-hybridized carbons (Fsp3) is 0.111. The van der Waals surface area contributed by atoms with E-state index in [1.54, 1.807) is 0 Å². The lowest BCUT2D eigenvalue weighted by Gasteiger charge is -2.20. The third kappa shape index (κ3) is 3.54. The molecule has 0 saturated carbocycles. The molecule has 5 rings (SSSR count). The van der Waals surface area contributed by atoms with Crippen LogP contribution in [0.3, 0.4) is 0 Å². The average molecular weight is 396 g/mol. The fourth-order valence-corrected chi connectivity index (χ4v) is 4.38. The van der Waals surface area contributed by atoms with Crippen LogP contribution < -0.4 is 5.32 Å². The Labute approximate surface area is 176 Å². The molecule has 1 unspecified atom stereocenters. The van der Waals surface area contributed by atoms with E-state index in [0.717, 1.165) is 18.0 Å². The van der Waals surface area contributed by atoms with Crippen molar-refractivity contribution in [3.63, 3.8) is 0 Å². The largest absolute Gasteiger partial charge is 0.381 e. The number of benzene rings is 3. The van der Waals surface area contributed by atoms with Gasteiger partial charge in [0, 0.05) is 28.4 Å². The van der Waals surface area contributed by atoms with Crippen LogP contribution in [0.15, 0.2) is 102 Å². The van der Waals surface area contributed by atoms with E-state index in [0.29, 0.717) is 5.92 Å². The van der Waals surface area contributed by atoms with Crippen molar-refractivity contribution in [2.45, 2.75) is 6.42 Å². The third-order valence-electron chi connectivity index (χ3n) is 5.73. The maximum Gasteiger partial charge on any atom is 0.0502 e. The smallest absolute Gasteiger partial charge is 0.0502 e. The van der Waals surface area contributed by atoms with Crippen LogP contribution in [0.4, 0.5) is 5.69 Å². The highest BCUT2D eigenvalue weighted by atomic mass is 35.5. The number of hydrogen-bond donors (Lipinski definition) is 1. The topological polar surface area (TPSA) is 12.0 Å². The van der Waals surface area contributed by atoms with Gasteiger partial charge in [-0.15, -0.1) is 0 Å². The molecule has 29 heavy (non-hydrogen) atoms. The van der Waals surface area contributed by atoms with Crippen molar-refractivity contribution in [1.29, 1.82) is 0 Å². The Morgan fingerprint density at radius 3 is 2.55 bits per heavy atom. The molecule has 2 aliphatic rings. The molecule has 0 fully saturated rings. The quantitative estimate of drug-likeness (QED) is 0.448. The van der Waals surface area contributed by atoms with E-state index in [2.05, 4.69) is 96.4 Å². The van der Waals surface area contributed by atoms with E-state index in [-0.39, 0.29) is 0 Å². The van der Waals surface area contributed by atoms with Crippen molar-refractivity contribution in [2.75, 3.05) is 11.9 Å². The first-order valence-corrected chi connectivity index (χ1v) is 10.4. The minimum absolute atomic E-state index is 0.356. The van der Waals surface area contributed by atoms with Gasteiger partial charge in [-0.3, -0.25) is 0 Å². The fourth-order valence-electron chi connectivity index (χ4n) is 4.22. The molecule has 1 aliphatic heterocycles. The van der Waals surface area contributed by atoms with Gasteiger partial charge in [0.25, 0.3) is 0 Å². The lowest BCUT2D eigenvalue weighted by atomic mass is 9.89. The minimum Gasteiger partial charge on any atom is -0.381 e. The Hall–Kier alpha value is -3.03. The van der Waals surface area contributed by atoms with Crippen LogP contribution in [0.25, 0.3) is 28.0 Å². The minimum atomic E-state index is 0.356. The van der Waals surface area contributed by atoms with Gasteiger partial charge < -0.3 is 5.32 Å². The zero-order chi connectivity index (χ0) is 19.6. The molecule has 0 aromatic heterocycles. The molecule has 0 bridgehead atoms. The Morgan fingerprint density at radius 1 is 0.793 bits per heavy atom. The van der Waals surface area contributed by atoms with E-state index in [1.165, 1.54) is 38.7 Å². The van der Waals surface area contributed by atoms with Crippen LogP contribution in [-0.2, 0) is 0 Å². The summed E-state index contributed by atoms with van der Waals surface area (Å²) in [5, 5.41) is 7.06. The number of rotatable bonds is 1. The number of nitrogens with one attached hydrogen (secondary N) is 1. The van der Waals surface area contributed by atoms with Crippen LogP contribution in [0.1, 0.15) is 12.0 Å². The lowest BCUT2D eigenvalue weighted by Crippen LogP contribution is -2.07. The predicted octanol–water partition coefficient (Wildman–Crippen LogP) is 7.57. The second-order valence-corrected chi connectivity index (χ2v) is 7.94. The zero-order valence-corrected chi connectivity index (χ0v) is 16.9. The van der Waals surface area contributed by atoms with Crippen LogP contribution in [0.5, 0.6) is 0 Å². The molecular weight excluding hydrogens is 374 g/mol. The molecule has 0 amide bonds. The Morgan fingerprint density at radius 2 is 1.66 bits per heavy atom. The summed E-state index contributed by atoms with van der Waals surface area (Å²) in [6.45, 7) is 0.782. The lowest BCUT2D eigenvalue weighted by molar-refractivity contribution is 0.782. The van der Waals surface area contributed by atoms with Crippen LogP contribution in [0, 0.1) is 5.92 Å². The Kier molecular flexibility index (Phi) is 4.83. The molecular formula is C27H22ClN. The van der Waals surface area contributed by atoms with Gasteiger partial charge in [0.15, 0.2) is 0 Å². The summed E-state index contributed by atoms with van der Waals surface area (Å²) in [6, 6.07) is 21.7. The van der Waals surface area contributed by atoms with Crippen molar-refractivity contribution in [1.82, 2.24) is 0 Å². The monoisotopic (exact) mass is 395 g/mol. The highest BCUT2D eigenvalue weighted by Crippen LogP contribution is 2.38. The van der Waals surface area contributed by atoms with Gasteiger partial charge in [-0.1, -0.05) is 103 Å². The summed E-state index contributed by atoms with van der Waals surface area (Å²) in [4.78, 5) is 0. The first-order chi connectivity index (χ1) is 14.3. The number of fused-ring (bicyclic) bond motifs is 5.